The Morgan fingerprint density at radius 1 is 1.06 bits per heavy atom. The average Bonchev–Trinajstić information content (AvgIpc) is 2.40. The number of aliphatic hydroxyl groups is 1. The number of hydrogen-bond donors (Lipinski definition) is 1. The van der Waals surface area contributed by atoms with Crippen LogP contribution in [0.5, 0.6) is 0 Å². The van der Waals surface area contributed by atoms with Gasteiger partial charge in [-0.3, -0.25) is 4.79 Å². The zero-order valence-corrected chi connectivity index (χ0v) is 9.41. The van der Waals surface area contributed by atoms with Crippen molar-refractivity contribution < 1.29 is 14.5 Å². The highest BCUT2D eigenvalue weighted by Crippen LogP contribution is 2.00. The van der Waals surface area contributed by atoms with E-state index in [1.807, 2.05) is 30.3 Å². The Morgan fingerprint density at radius 3 is 2.47 bits per heavy atom. The summed E-state index contributed by atoms with van der Waals surface area (Å²) in [5.41, 5.74) is 1.42. The number of aromatic nitrogens is 1. The van der Waals surface area contributed by atoms with Crippen LogP contribution >= 0.6 is 0 Å². The molecule has 0 unspecified atom stereocenters. The fraction of sp³-hybridized carbons (Fsp3) is 0.143. The highest BCUT2D eigenvalue weighted by Gasteiger charge is 2.14. The van der Waals surface area contributed by atoms with Crippen LogP contribution in [0.25, 0.3) is 0 Å². The largest absolute Gasteiger partial charge is 0.385 e. The molecular weight excluding hydrogens is 214 g/mol. The van der Waals surface area contributed by atoms with Crippen molar-refractivity contribution in [2.24, 2.45) is 0 Å². The average molecular weight is 228 g/mol. The molecule has 17 heavy (non-hydrogen) atoms. The van der Waals surface area contributed by atoms with Crippen LogP contribution in [0, 0.1) is 0 Å². The lowest BCUT2D eigenvalue weighted by molar-refractivity contribution is -0.692. The van der Waals surface area contributed by atoms with Gasteiger partial charge < -0.3 is 5.11 Å². The normalized spacial score (nSPS) is 10.2. The first kappa shape index (κ1) is 11.5. The fourth-order valence-electron chi connectivity index (χ4n) is 1.68. The number of rotatable bonds is 4. The molecule has 1 aromatic heterocycles. The molecule has 0 saturated heterocycles. The van der Waals surface area contributed by atoms with E-state index in [0.717, 1.165) is 5.69 Å². The van der Waals surface area contributed by atoms with E-state index >= 15 is 0 Å². The summed E-state index contributed by atoms with van der Waals surface area (Å²) in [6.45, 7) is 0.184. The maximum absolute atomic E-state index is 12.0. The van der Waals surface area contributed by atoms with Gasteiger partial charge in [-0.05, 0) is 0 Å². The lowest BCUT2D eigenvalue weighted by Crippen LogP contribution is -2.41. The molecule has 0 spiro atoms. The Bertz CT molecular complexity index is 509. The van der Waals surface area contributed by atoms with Gasteiger partial charge in [-0.25, -0.2) is 0 Å². The van der Waals surface area contributed by atoms with Crippen molar-refractivity contribution in [1.29, 1.82) is 0 Å². The number of pyridine rings is 1. The van der Waals surface area contributed by atoms with Gasteiger partial charge in [0.2, 0.25) is 18.0 Å². The molecule has 1 N–H and O–H groups in total. The Kier molecular flexibility index (Phi) is 3.62. The van der Waals surface area contributed by atoms with Gasteiger partial charge in [-0.15, -0.1) is 0 Å². The minimum absolute atomic E-state index is 0.0384. The molecule has 3 nitrogen and oxygen atoms in total. The van der Waals surface area contributed by atoms with E-state index < -0.39 is 0 Å². The van der Waals surface area contributed by atoms with Crippen molar-refractivity contribution in [2.45, 2.75) is 13.2 Å². The first-order valence-electron chi connectivity index (χ1n) is 5.47. The van der Waals surface area contributed by atoms with Crippen LogP contribution in [0.4, 0.5) is 0 Å². The molecule has 2 rings (SSSR count). The predicted molar refractivity (Wildman–Crippen MR) is 63.3 cm³/mol. The number of nitrogens with zero attached hydrogens (tertiary/aromatic N) is 1. The first-order chi connectivity index (χ1) is 8.31. The van der Waals surface area contributed by atoms with Crippen LogP contribution in [-0.2, 0) is 13.2 Å². The first-order valence-corrected chi connectivity index (χ1v) is 5.47. The molecule has 2 aromatic rings. The number of aliphatic hydroxyl groups excluding tert-OH is 1. The van der Waals surface area contributed by atoms with Crippen molar-refractivity contribution in [3.63, 3.8) is 0 Å². The number of carbonyl (C=O) groups is 1. The summed E-state index contributed by atoms with van der Waals surface area (Å²) in [5, 5.41) is 9.17. The molecule has 1 aromatic carbocycles. The Balaban J connectivity index is 2.19. The molecule has 0 aliphatic heterocycles. The summed E-state index contributed by atoms with van der Waals surface area (Å²) in [6, 6.07) is 14.6. The Labute approximate surface area is 100.0 Å². The summed E-state index contributed by atoms with van der Waals surface area (Å²) in [7, 11) is 0. The smallest absolute Gasteiger partial charge is 0.227 e. The van der Waals surface area contributed by atoms with Gasteiger partial charge in [-0.2, -0.15) is 4.57 Å². The molecule has 0 bridgehead atoms. The minimum Gasteiger partial charge on any atom is -0.385 e. The number of benzene rings is 1. The highest BCUT2D eigenvalue weighted by atomic mass is 16.3. The molecule has 0 amide bonds. The SMILES string of the molecule is O=C(C[n+]1ccccc1CO)c1ccccc1. The van der Waals surface area contributed by atoms with Crippen LogP contribution in [0.3, 0.4) is 0 Å². The molecule has 0 atom stereocenters. The molecule has 0 aliphatic rings. The second-order valence-electron chi connectivity index (χ2n) is 3.77. The summed E-state index contributed by atoms with van der Waals surface area (Å²) in [4.78, 5) is 12.0. The van der Waals surface area contributed by atoms with E-state index in [-0.39, 0.29) is 18.9 Å². The van der Waals surface area contributed by atoms with E-state index in [4.69, 9.17) is 5.11 Å². The Hall–Kier alpha value is -2.00. The van der Waals surface area contributed by atoms with Gasteiger partial charge in [0.25, 0.3) is 0 Å². The van der Waals surface area contributed by atoms with Gasteiger partial charge in [0.05, 0.1) is 0 Å². The number of hydrogen-bond acceptors (Lipinski definition) is 2. The van der Waals surface area contributed by atoms with Crippen molar-refractivity contribution in [2.75, 3.05) is 0 Å². The van der Waals surface area contributed by atoms with E-state index in [0.29, 0.717) is 5.56 Å². The van der Waals surface area contributed by atoms with Gasteiger partial charge in [-0.1, -0.05) is 36.4 Å². The molecular formula is C14H14NO2+. The number of ketones is 1. The predicted octanol–water partition coefficient (Wildman–Crippen LogP) is 1.35. The molecule has 0 radical (unpaired) electrons. The van der Waals surface area contributed by atoms with Crippen molar-refractivity contribution in [3.8, 4) is 0 Å². The van der Waals surface area contributed by atoms with Crippen LogP contribution < -0.4 is 4.57 Å². The maximum atomic E-state index is 12.0. The second kappa shape index (κ2) is 5.37. The van der Waals surface area contributed by atoms with Crippen molar-refractivity contribution in [3.05, 3.63) is 66.0 Å². The van der Waals surface area contributed by atoms with Crippen molar-refractivity contribution in [1.82, 2.24) is 0 Å². The third-order valence-corrected chi connectivity index (χ3v) is 2.61. The van der Waals surface area contributed by atoms with Gasteiger partial charge >= 0.3 is 0 Å². The van der Waals surface area contributed by atoms with Gasteiger partial charge in [0, 0.05) is 17.7 Å². The number of carbonyl (C=O) groups excluding carboxylic acids is 1. The summed E-state index contributed by atoms with van der Waals surface area (Å²) < 4.78 is 1.76. The third-order valence-electron chi connectivity index (χ3n) is 2.61. The quantitative estimate of drug-likeness (QED) is 0.634. The monoisotopic (exact) mass is 228 g/mol. The standard InChI is InChI=1S/C14H14NO2/c16-11-13-8-4-5-9-15(13)10-14(17)12-6-2-1-3-7-12/h1-9,16H,10-11H2/q+1. The third kappa shape index (κ3) is 2.77. The molecule has 0 saturated carbocycles. The summed E-state index contributed by atoms with van der Waals surface area (Å²) >= 11 is 0. The maximum Gasteiger partial charge on any atom is 0.227 e. The lowest BCUT2D eigenvalue weighted by atomic mass is 10.1. The molecule has 0 aliphatic carbocycles. The van der Waals surface area contributed by atoms with Crippen LogP contribution in [-0.4, -0.2) is 10.9 Å². The zero-order valence-electron chi connectivity index (χ0n) is 9.41. The summed E-state index contributed by atoms with van der Waals surface area (Å²) in [6.07, 6.45) is 1.80. The van der Waals surface area contributed by atoms with E-state index in [1.165, 1.54) is 0 Å². The molecule has 3 heteroatoms. The number of Topliss-reactive ketones (excluding diaryl/α,β-unsaturated/α-hetero) is 1. The molecule has 86 valence electrons. The minimum atomic E-state index is -0.0666. The van der Waals surface area contributed by atoms with Gasteiger partial charge in [0.1, 0.15) is 6.61 Å². The second-order valence-corrected chi connectivity index (χ2v) is 3.77. The van der Waals surface area contributed by atoms with E-state index in [1.54, 1.807) is 29.0 Å². The zero-order chi connectivity index (χ0) is 12.1. The van der Waals surface area contributed by atoms with Crippen LogP contribution in [0.1, 0.15) is 16.1 Å². The lowest BCUT2D eigenvalue weighted by Gasteiger charge is -2.01. The van der Waals surface area contributed by atoms with Gasteiger partial charge in [0.15, 0.2) is 6.20 Å². The van der Waals surface area contributed by atoms with E-state index in [9.17, 15) is 4.79 Å². The fourth-order valence-corrected chi connectivity index (χ4v) is 1.68. The van der Waals surface area contributed by atoms with Crippen molar-refractivity contribution >= 4 is 5.78 Å². The molecule has 1 heterocycles. The van der Waals surface area contributed by atoms with E-state index in [2.05, 4.69) is 0 Å². The topological polar surface area (TPSA) is 41.2 Å². The Morgan fingerprint density at radius 2 is 1.76 bits per heavy atom. The highest BCUT2D eigenvalue weighted by molar-refractivity contribution is 5.94. The molecule has 0 fully saturated rings. The summed E-state index contributed by atoms with van der Waals surface area (Å²) in [5.74, 6) is 0.0384. The van der Waals surface area contributed by atoms with Crippen LogP contribution in [0.2, 0.25) is 0 Å². The van der Waals surface area contributed by atoms with Crippen LogP contribution in [0.15, 0.2) is 54.7 Å².